The summed E-state index contributed by atoms with van der Waals surface area (Å²) in [6.07, 6.45) is 1.57. The molecule has 1 aromatic heterocycles. The van der Waals surface area contributed by atoms with Gasteiger partial charge in [0.2, 0.25) is 0 Å². The molecule has 2 rings (SSSR count). The van der Waals surface area contributed by atoms with Crippen molar-refractivity contribution < 1.29 is 14.8 Å². The van der Waals surface area contributed by atoms with Gasteiger partial charge in [-0.15, -0.1) is 0 Å². The Morgan fingerprint density at radius 1 is 1.60 bits per heavy atom. The van der Waals surface area contributed by atoms with Gasteiger partial charge in [0.1, 0.15) is 5.69 Å². The molecule has 20 heavy (non-hydrogen) atoms. The molecule has 0 bridgehead atoms. The van der Waals surface area contributed by atoms with E-state index in [1.165, 1.54) is 12.3 Å². The van der Waals surface area contributed by atoms with Crippen LogP contribution in [0, 0.1) is 16.0 Å². The number of aliphatic hydroxyl groups excluding tert-OH is 1. The standard InChI is InChI=1S/C13H19N3O4/c1-3-14-7-10(16(19)20)6-11(14)13(18)15-5-4-9(2)12(17)8-15/h6-7,9,12,17H,3-5,8H2,1-2H3. The number of aromatic nitrogens is 1. The predicted octanol–water partition coefficient (Wildman–Crippen LogP) is 1.26. The molecule has 1 saturated heterocycles. The second-order valence-electron chi connectivity index (χ2n) is 5.21. The quantitative estimate of drug-likeness (QED) is 0.667. The summed E-state index contributed by atoms with van der Waals surface area (Å²) in [5.41, 5.74) is 0.224. The van der Waals surface area contributed by atoms with Crippen LogP contribution in [0.2, 0.25) is 0 Å². The van der Waals surface area contributed by atoms with Gasteiger partial charge in [-0.25, -0.2) is 0 Å². The van der Waals surface area contributed by atoms with Crippen LogP contribution in [-0.4, -0.2) is 44.6 Å². The maximum absolute atomic E-state index is 12.4. The minimum atomic E-state index is -0.535. The van der Waals surface area contributed by atoms with Gasteiger partial charge in [-0.3, -0.25) is 14.9 Å². The van der Waals surface area contributed by atoms with Crippen LogP contribution >= 0.6 is 0 Å². The summed E-state index contributed by atoms with van der Waals surface area (Å²) in [5, 5.41) is 20.7. The summed E-state index contributed by atoms with van der Waals surface area (Å²) < 4.78 is 1.57. The third-order valence-corrected chi connectivity index (χ3v) is 3.86. The summed E-state index contributed by atoms with van der Waals surface area (Å²) in [7, 11) is 0. The van der Waals surface area contributed by atoms with Crippen LogP contribution in [0.5, 0.6) is 0 Å². The highest BCUT2D eigenvalue weighted by molar-refractivity contribution is 5.93. The molecular formula is C13H19N3O4. The molecule has 1 amide bonds. The maximum atomic E-state index is 12.4. The summed E-state index contributed by atoms with van der Waals surface area (Å²) in [6, 6.07) is 1.30. The Bertz CT molecular complexity index is 526. The zero-order valence-electron chi connectivity index (χ0n) is 11.7. The van der Waals surface area contributed by atoms with Gasteiger partial charge in [-0.1, -0.05) is 6.92 Å². The number of carbonyl (C=O) groups is 1. The Morgan fingerprint density at radius 3 is 2.85 bits per heavy atom. The third kappa shape index (κ3) is 2.67. The molecule has 2 atom stereocenters. The van der Waals surface area contributed by atoms with Crippen LogP contribution in [0.4, 0.5) is 5.69 Å². The van der Waals surface area contributed by atoms with Crippen molar-refractivity contribution in [3.63, 3.8) is 0 Å². The number of carbonyl (C=O) groups excluding carboxylic acids is 1. The molecule has 1 N–H and O–H groups in total. The van der Waals surface area contributed by atoms with Gasteiger partial charge in [0.05, 0.1) is 17.2 Å². The first-order valence-corrected chi connectivity index (χ1v) is 6.76. The number of β-amino-alcohol motifs (C(OH)–C–C–N with tert-alkyl or cyclic N) is 1. The Morgan fingerprint density at radius 2 is 2.30 bits per heavy atom. The topological polar surface area (TPSA) is 88.6 Å². The summed E-state index contributed by atoms with van der Waals surface area (Å²) in [4.78, 5) is 24.3. The highest BCUT2D eigenvalue weighted by Gasteiger charge is 2.30. The third-order valence-electron chi connectivity index (χ3n) is 3.86. The van der Waals surface area contributed by atoms with Crippen LogP contribution in [0.25, 0.3) is 0 Å². The highest BCUT2D eigenvalue weighted by atomic mass is 16.6. The molecule has 1 fully saturated rings. The van der Waals surface area contributed by atoms with Crippen molar-refractivity contribution in [2.24, 2.45) is 5.92 Å². The molecule has 7 heteroatoms. The zero-order valence-corrected chi connectivity index (χ0v) is 11.7. The number of aryl methyl sites for hydroxylation is 1. The molecule has 2 unspecified atom stereocenters. The van der Waals surface area contributed by atoms with Crippen LogP contribution in [0.1, 0.15) is 30.8 Å². The number of hydrogen-bond acceptors (Lipinski definition) is 4. The van der Waals surface area contributed by atoms with Crippen molar-refractivity contribution in [1.82, 2.24) is 9.47 Å². The predicted molar refractivity (Wildman–Crippen MR) is 72.5 cm³/mol. The average molecular weight is 281 g/mol. The maximum Gasteiger partial charge on any atom is 0.287 e. The van der Waals surface area contributed by atoms with Crippen molar-refractivity contribution >= 4 is 11.6 Å². The van der Waals surface area contributed by atoms with E-state index in [1.54, 1.807) is 9.47 Å². The Kier molecular flexibility index (Phi) is 4.08. The Labute approximate surface area is 116 Å². The number of rotatable bonds is 3. The van der Waals surface area contributed by atoms with E-state index in [9.17, 15) is 20.0 Å². The monoisotopic (exact) mass is 281 g/mol. The number of amides is 1. The van der Waals surface area contributed by atoms with Crippen molar-refractivity contribution in [1.29, 1.82) is 0 Å². The summed E-state index contributed by atoms with van der Waals surface area (Å²) >= 11 is 0. The largest absolute Gasteiger partial charge is 0.391 e. The molecule has 1 aromatic rings. The van der Waals surface area contributed by atoms with E-state index in [2.05, 4.69) is 0 Å². The molecule has 1 aliphatic rings. The number of hydrogen-bond donors (Lipinski definition) is 1. The lowest BCUT2D eigenvalue weighted by molar-refractivity contribution is -0.384. The van der Waals surface area contributed by atoms with E-state index in [-0.39, 0.29) is 24.1 Å². The minimum absolute atomic E-state index is 0.0823. The van der Waals surface area contributed by atoms with E-state index >= 15 is 0 Å². The van der Waals surface area contributed by atoms with Gasteiger partial charge in [0.15, 0.2) is 0 Å². The van der Waals surface area contributed by atoms with E-state index in [0.717, 1.165) is 6.42 Å². The second-order valence-corrected chi connectivity index (χ2v) is 5.21. The van der Waals surface area contributed by atoms with Gasteiger partial charge in [0.25, 0.3) is 11.6 Å². The molecule has 0 radical (unpaired) electrons. The first-order chi connectivity index (χ1) is 9.43. The fourth-order valence-electron chi connectivity index (χ4n) is 2.43. The molecule has 0 spiro atoms. The Balaban J connectivity index is 2.22. The zero-order chi connectivity index (χ0) is 14.9. The molecule has 0 aromatic carbocycles. The number of piperidine rings is 1. The summed E-state index contributed by atoms with van der Waals surface area (Å²) in [6.45, 7) is 5.11. The lowest BCUT2D eigenvalue weighted by Crippen LogP contribution is -2.46. The number of nitro groups is 1. The number of nitrogens with zero attached hydrogens (tertiary/aromatic N) is 3. The molecule has 1 aliphatic heterocycles. The minimum Gasteiger partial charge on any atom is -0.391 e. The molecule has 7 nitrogen and oxygen atoms in total. The lowest BCUT2D eigenvalue weighted by Gasteiger charge is -2.34. The van der Waals surface area contributed by atoms with Gasteiger partial charge in [0, 0.05) is 25.7 Å². The SMILES string of the molecule is CCn1cc([N+](=O)[O-])cc1C(=O)N1CCC(C)C(O)C1. The highest BCUT2D eigenvalue weighted by Crippen LogP contribution is 2.22. The Hall–Kier alpha value is -1.89. The molecule has 0 aliphatic carbocycles. The smallest absolute Gasteiger partial charge is 0.287 e. The van der Waals surface area contributed by atoms with E-state index in [4.69, 9.17) is 0 Å². The van der Waals surface area contributed by atoms with Crippen molar-refractivity contribution in [2.75, 3.05) is 13.1 Å². The molecule has 0 saturated carbocycles. The normalized spacial score (nSPS) is 22.9. The first-order valence-electron chi connectivity index (χ1n) is 6.76. The van der Waals surface area contributed by atoms with E-state index in [1.807, 2.05) is 13.8 Å². The van der Waals surface area contributed by atoms with Crippen LogP contribution in [0.3, 0.4) is 0 Å². The lowest BCUT2D eigenvalue weighted by atomic mass is 9.96. The van der Waals surface area contributed by atoms with Crippen molar-refractivity contribution in [3.05, 3.63) is 28.1 Å². The van der Waals surface area contributed by atoms with Gasteiger partial charge < -0.3 is 14.6 Å². The van der Waals surface area contributed by atoms with Gasteiger partial charge in [-0.05, 0) is 19.3 Å². The average Bonchev–Trinajstić information content (AvgIpc) is 2.85. The van der Waals surface area contributed by atoms with Crippen molar-refractivity contribution in [2.45, 2.75) is 32.9 Å². The first kappa shape index (κ1) is 14.5. The summed E-state index contributed by atoms with van der Waals surface area (Å²) in [5.74, 6) is -0.0859. The van der Waals surface area contributed by atoms with E-state index in [0.29, 0.717) is 18.8 Å². The number of likely N-dealkylation sites (tertiary alicyclic amines) is 1. The van der Waals surface area contributed by atoms with Gasteiger partial charge >= 0.3 is 0 Å². The van der Waals surface area contributed by atoms with Gasteiger partial charge in [-0.2, -0.15) is 0 Å². The second kappa shape index (κ2) is 5.62. The van der Waals surface area contributed by atoms with Crippen molar-refractivity contribution in [3.8, 4) is 0 Å². The molecule has 110 valence electrons. The van der Waals surface area contributed by atoms with E-state index < -0.39 is 11.0 Å². The fourth-order valence-corrected chi connectivity index (χ4v) is 2.43. The number of aliphatic hydroxyl groups is 1. The van der Waals surface area contributed by atoms with Crippen LogP contribution < -0.4 is 0 Å². The fraction of sp³-hybridized carbons (Fsp3) is 0.615. The molecular weight excluding hydrogens is 262 g/mol. The molecule has 2 heterocycles. The van der Waals surface area contributed by atoms with Crippen LogP contribution in [0.15, 0.2) is 12.3 Å². The van der Waals surface area contributed by atoms with Crippen LogP contribution in [-0.2, 0) is 6.54 Å².